The third-order valence-electron chi connectivity index (χ3n) is 3.50. The largest absolute Gasteiger partial charge is 0.348 e. The molecule has 0 aliphatic heterocycles. The highest BCUT2D eigenvalue weighted by Gasteiger charge is 2.18. The molecule has 0 aromatic carbocycles. The lowest BCUT2D eigenvalue weighted by Gasteiger charge is -2.23. The molecule has 19 heavy (non-hydrogen) atoms. The standard InChI is InChI=1S/C13H21N5O/c1-4-6-14-10(5-2)9(3)11-7-12-16-17-13(19)18(12)8-15-11/h7-10,14H,4-6H2,1-3H3,(H,17,19). The van der Waals surface area contributed by atoms with Crippen LogP contribution in [0.2, 0.25) is 0 Å². The summed E-state index contributed by atoms with van der Waals surface area (Å²) in [6.07, 6.45) is 3.70. The van der Waals surface area contributed by atoms with E-state index in [1.165, 1.54) is 4.40 Å². The van der Waals surface area contributed by atoms with Gasteiger partial charge in [0.15, 0.2) is 5.65 Å². The molecule has 2 heterocycles. The van der Waals surface area contributed by atoms with E-state index in [9.17, 15) is 4.79 Å². The lowest BCUT2D eigenvalue weighted by molar-refractivity contribution is 0.432. The van der Waals surface area contributed by atoms with Gasteiger partial charge in [0.25, 0.3) is 0 Å². The summed E-state index contributed by atoms with van der Waals surface area (Å²) in [4.78, 5) is 15.8. The molecule has 0 aliphatic rings. The van der Waals surface area contributed by atoms with Crippen LogP contribution in [0.15, 0.2) is 17.2 Å². The number of fused-ring (bicyclic) bond motifs is 1. The van der Waals surface area contributed by atoms with Gasteiger partial charge in [0.2, 0.25) is 0 Å². The van der Waals surface area contributed by atoms with Crippen molar-refractivity contribution in [3.63, 3.8) is 0 Å². The van der Waals surface area contributed by atoms with Crippen LogP contribution in [0.4, 0.5) is 0 Å². The summed E-state index contributed by atoms with van der Waals surface area (Å²) in [5, 5.41) is 9.93. The van der Waals surface area contributed by atoms with Gasteiger partial charge in [-0.15, -0.1) is 0 Å². The van der Waals surface area contributed by atoms with Gasteiger partial charge in [-0.25, -0.2) is 19.3 Å². The van der Waals surface area contributed by atoms with Crippen LogP contribution in [0.5, 0.6) is 0 Å². The Morgan fingerprint density at radius 3 is 2.95 bits per heavy atom. The molecule has 0 saturated heterocycles. The van der Waals surface area contributed by atoms with Gasteiger partial charge in [0, 0.05) is 18.0 Å². The molecule has 2 atom stereocenters. The van der Waals surface area contributed by atoms with Gasteiger partial charge >= 0.3 is 5.69 Å². The van der Waals surface area contributed by atoms with Gasteiger partial charge < -0.3 is 5.32 Å². The minimum absolute atomic E-state index is 0.252. The molecule has 0 fully saturated rings. The minimum atomic E-state index is -0.252. The summed E-state index contributed by atoms with van der Waals surface area (Å²) in [6.45, 7) is 7.49. The number of aromatic nitrogens is 4. The maximum absolute atomic E-state index is 11.4. The van der Waals surface area contributed by atoms with Crippen LogP contribution in [0.25, 0.3) is 5.65 Å². The van der Waals surface area contributed by atoms with E-state index in [0.717, 1.165) is 25.1 Å². The van der Waals surface area contributed by atoms with Gasteiger partial charge in [-0.3, -0.25) is 0 Å². The number of hydrogen-bond donors (Lipinski definition) is 2. The van der Waals surface area contributed by atoms with Crippen molar-refractivity contribution in [3.05, 3.63) is 28.6 Å². The Kier molecular flexibility index (Phi) is 4.31. The maximum atomic E-state index is 11.4. The zero-order valence-corrected chi connectivity index (χ0v) is 11.7. The molecule has 2 unspecified atom stereocenters. The van der Waals surface area contributed by atoms with Crippen LogP contribution >= 0.6 is 0 Å². The molecule has 2 N–H and O–H groups in total. The molecule has 0 saturated carbocycles. The second kappa shape index (κ2) is 5.97. The fourth-order valence-corrected chi connectivity index (χ4v) is 2.28. The number of hydrogen-bond acceptors (Lipinski definition) is 4. The van der Waals surface area contributed by atoms with Gasteiger partial charge in [0.05, 0.1) is 5.69 Å². The SMILES string of the molecule is CCCNC(CC)C(C)c1cc2n[nH]c(=O)n2cn1. The highest BCUT2D eigenvalue weighted by Crippen LogP contribution is 2.19. The second-order valence-electron chi connectivity index (χ2n) is 4.83. The fourth-order valence-electron chi connectivity index (χ4n) is 2.28. The molecule has 6 heteroatoms. The summed E-state index contributed by atoms with van der Waals surface area (Å²) < 4.78 is 1.41. The van der Waals surface area contributed by atoms with E-state index in [0.29, 0.717) is 11.7 Å². The lowest BCUT2D eigenvalue weighted by atomic mass is 9.95. The zero-order valence-electron chi connectivity index (χ0n) is 11.7. The average Bonchev–Trinajstić information content (AvgIpc) is 2.80. The summed E-state index contributed by atoms with van der Waals surface area (Å²) in [5.74, 6) is 0.286. The Morgan fingerprint density at radius 1 is 1.47 bits per heavy atom. The van der Waals surface area contributed by atoms with Crippen LogP contribution in [0.1, 0.15) is 45.2 Å². The van der Waals surface area contributed by atoms with Crippen molar-refractivity contribution in [2.24, 2.45) is 0 Å². The molecule has 0 aliphatic carbocycles. The number of nitrogens with one attached hydrogen (secondary N) is 2. The van der Waals surface area contributed by atoms with Crippen LogP contribution in [-0.2, 0) is 0 Å². The highest BCUT2D eigenvalue weighted by atomic mass is 16.1. The van der Waals surface area contributed by atoms with Crippen molar-refractivity contribution in [2.75, 3.05) is 6.54 Å². The van der Waals surface area contributed by atoms with Crippen molar-refractivity contribution in [1.82, 2.24) is 24.9 Å². The van der Waals surface area contributed by atoms with Crippen molar-refractivity contribution in [3.8, 4) is 0 Å². The second-order valence-corrected chi connectivity index (χ2v) is 4.83. The quantitative estimate of drug-likeness (QED) is 0.823. The van der Waals surface area contributed by atoms with E-state index in [2.05, 4.69) is 41.3 Å². The van der Waals surface area contributed by atoms with Crippen LogP contribution < -0.4 is 11.0 Å². The number of H-pyrrole nitrogens is 1. The van der Waals surface area contributed by atoms with E-state index >= 15 is 0 Å². The molecular formula is C13H21N5O. The Hall–Kier alpha value is -1.69. The normalized spacial score (nSPS) is 14.7. The molecule has 0 radical (unpaired) electrons. The molecule has 0 bridgehead atoms. The van der Waals surface area contributed by atoms with E-state index in [-0.39, 0.29) is 11.6 Å². The van der Waals surface area contributed by atoms with E-state index < -0.39 is 0 Å². The average molecular weight is 263 g/mol. The lowest BCUT2D eigenvalue weighted by Crippen LogP contribution is -2.34. The summed E-state index contributed by atoms with van der Waals surface area (Å²) in [6, 6.07) is 2.26. The van der Waals surface area contributed by atoms with Crippen LogP contribution in [-0.4, -0.2) is 32.2 Å². The first kappa shape index (κ1) is 13.7. The van der Waals surface area contributed by atoms with Crippen LogP contribution in [0, 0.1) is 0 Å². The maximum Gasteiger partial charge on any atom is 0.348 e. The van der Waals surface area contributed by atoms with Crippen molar-refractivity contribution in [1.29, 1.82) is 0 Å². The van der Waals surface area contributed by atoms with Gasteiger partial charge in [-0.05, 0) is 19.4 Å². The molecule has 6 nitrogen and oxygen atoms in total. The topological polar surface area (TPSA) is 75.1 Å². The summed E-state index contributed by atoms with van der Waals surface area (Å²) in [7, 11) is 0. The third kappa shape index (κ3) is 2.84. The number of aromatic amines is 1. The Bertz CT molecular complexity index is 588. The van der Waals surface area contributed by atoms with Gasteiger partial charge in [0.1, 0.15) is 6.33 Å². The molecule has 2 aromatic heterocycles. The first-order valence-corrected chi connectivity index (χ1v) is 6.83. The van der Waals surface area contributed by atoms with Crippen molar-refractivity contribution < 1.29 is 0 Å². The van der Waals surface area contributed by atoms with E-state index in [4.69, 9.17) is 0 Å². The molecule has 104 valence electrons. The summed E-state index contributed by atoms with van der Waals surface area (Å²) in [5.41, 5.74) is 1.33. The zero-order chi connectivity index (χ0) is 13.8. The third-order valence-corrected chi connectivity index (χ3v) is 3.50. The molecule has 2 aromatic rings. The van der Waals surface area contributed by atoms with Crippen LogP contribution in [0.3, 0.4) is 0 Å². The minimum Gasteiger partial charge on any atom is -0.313 e. The number of rotatable bonds is 6. The smallest absolute Gasteiger partial charge is 0.313 e. The fraction of sp³-hybridized carbons (Fsp3) is 0.615. The van der Waals surface area contributed by atoms with Gasteiger partial charge in [-0.1, -0.05) is 20.8 Å². The Labute approximate surface area is 112 Å². The van der Waals surface area contributed by atoms with Crippen molar-refractivity contribution in [2.45, 2.75) is 45.6 Å². The Balaban J connectivity index is 2.24. The highest BCUT2D eigenvalue weighted by molar-refractivity contribution is 5.37. The molecular weight excluding hydrogens is 242 g/mol. The molecule has 2 rings (SSSR count). The predicted molar refractivity (Wildman–Crippen MR) is 74.4 cm³/mol. The first-order valence-electron chi connectivity index (χ1n) is 6.83. The molecule has 0 amide bonds. The van der Waals surface area contributed by atoms with Crippen molar-refractivity contribution >= 4 is 5.65 Å². The van der Waals surface area contributed by atoms with E-state index in [1.54, 1.807) is 6.33 Å². The predicted octanol–water partition coefficient (Wildman–Crippen LogP) is 1.30. The molecule has 0 spiro atoms. The number of nitrogens with zero attached hydrogens (tertiary/aromatic N) is 3. The first-order chi connectivity index (χ1) is 9.17. The Morgan fingerprint density at radius 2 is 2.26 bits per heavy atom. The van der Waals surface area contributed by atoms with Gasteiger partial charge in [-0.2, -0.15) is 5.10 Å². The summed E-state index contributed by atoms with van der Waals surface area (Å²) >= 11 is 0. The monoisotopic (exact) mass is 263 g/mol. The van der Waals surface area contributed by atoms with E-state index in [1.807, 2.05) is 6.07 Å².